The van der Waals surface area contributed by atoms with Crippen LogP contribution in [0, 0.1) is 17.2 Å². The lowest BCUT2D eigenvalue weighted by atomic mass is 9.98. The molecule has 1 aliphatic rings. The first-order chi connectivity index (χ1) is 11.4. The van der Waals surface area contributed by atoms with E-state index in [4.69, 9.17) is 0 Å². The van der Waals surface area contributed by atoms with Crippen molar-refractivity contribution in [3.63, 3.8) is 0 Å². The minimum absolute atomic E-state index is 0.0710. The summed E-state index contributed by atoms with van der Waals surface area (Å²) >= 11 is 3.60. The predicted molar refractivity (Wildman–Crippen MR) is 99.3 cm³/mol. The molecule has 2 rings (SSSR count). The van der Waals surface area contributed by atoms with E-state index in [1.165, 1.54) is 5.56 Å². The van der Waals surface area contributed by atoms with Crippen molar-refractivity contribution in [3.05, 3.63) is 34.3 Å². The van der Waals surface area contributed by atoms with Gasteiger partial charge in [0.05, 0.1) is 12.6 Å². The Bertz CT molecular complexity index is 623. The molecule has 1 aliphatic carbocycles. The third-order valence-corrected chi connectivity index (χ3v) is 5.51. The fourth-order valence-corrected chi connectivity index (χ4v) is 3.72. The Kier molecular flexibility index (Phi) is 6.42. The van der Waals surface area contributed by atoms with Gasteiger partial charge < -0.3 is 5.32 Å². The van der Waals surface area contributed by atoms with Crippen molar-refractivity contribution < 1.29 is 4.79 Å². The average molecular weight is 392 g/mol. The molecule has 4 nitrogen and oxygen atoms in total. The number of halogens is 1. The van der Waals surface area contributed by atoms with Crippen LogP contribution in [0.4, 0.5) is 0 Å². The number of rotatable bonds is 8. The van der Waals surface area contributed by atoms with Gasteiger partial charge in [0.2, 0.25) is 5.91 Å². The average Bonchev–Trinajstić information content (AvgIpc) is 3.39. The molecule has 1 amide bonds. The van der Waals surface area contributed by atoms with Crippen molar-refractivity contribution in [1.82, 2.24) is 10.2 Å². The quantitative estimate of drug-likeness (QED) is 0.727. The molecule has 1 aromatic carbocycles. The maximum atomic E-state index is 12.5. The molecule has 0 aliphatic heterocycles. The molecular weight excluding hydrogens is 366 g/mol. The Morgan fingerprint density at radius 2 is 2.17 bits per heavy atom. The minimum Gasteiger partial charge on any atom is -0.337 e. The molecule has 1 N–H and O–H groups in total. The maximum absolute atomic E-state index is 12.5. The van der Waals surface area contributed by atoms with Gasteiger partial charge in [0.25, 0.3) is 0 Å². The number of hydrogen-bond donors (Lipinski definition) is 1. The molecule has 5 heteroatoms. The zero-order valence-electron chi connectivity index (χ0n) is 14.7. The van der Waals surface area contributed by atoms with E-state index in [0.717, 1.165) is 30.3 Å². The zero-order chi connectivity index (χ0) is 17.7. The Morgan fingerprint density at radius 3 is 2.71 bits per heavy atom. The topological polar surface area (TPSA) is 56.1 Å². The van der Waals surface area contributed by atoms with Crippen molar-refractivity contribution in [2.45, 2.75) is 51.6 Å². The second-order valence-corrected chi connectivity index (χ2v) is 7.66. The molecular formula is C19H26BrN3O. The Balaban J connectivity index is 2.06. The fourth-order valence-electron chi connectivity index (χ4n) is 3.10. The molecule has 0 spiro atoms. The van der Waals surface area contributed by atoms with Gasteiger partial charge in [-0.25, -0.2) is 0 Å². The van der Waals surface area contributed by atoms with Gasteiger partial charge in [-0.05, 0) is 57.2 Å². The maximum Gasteiger partial charge on any atom is 0.235 e. The summed E-state index contributed by atoms with van der Waals surface area (Å²) in [5.74, 6) is 0.227. The Labute approximate surface area is 153 Å². The summed E-state index contributed by atoms with van der Waals surface area (Å²) in [6, 6.07) is 10.5. The smallest absolute Gasteiger partial charge is 0.235 e. The van der Waals surface area contributed by atoms with Crippen molar-refractivity contribution in [3.8, 4) is 6.07 Å². The second-order valence-electron chi connectivity index (χ2n) is 6.80. The zero-order valence-corrected chi connectivity index (χ0v) is 16.3. The lowest BCUT2D eigenvalue weighted by Crippen LogP contribution is -2.50. The van der Waals surface area contributed by atoms with Gasteiger partial charge in [0, 0.05) is 10.5 Å². The number of benzene rings is 1. The molecule has 24 heavy (non-hydrogen) atoms. The van der Waals surface area contributed by atoms with Crippen LogP contribution < -0.4 is 5.32 Å². The number of carbonyl (C=O) groups is 1. The van der Waals surface area contributed by atoms with Gasteiger partial charge >= 0.3 is 0 Å². The Hall–Kier alpha value is -1.38. The lowest BCUT2D eigenvalue weighted by molar-refractivity contribution is -0.124. The van der Waals surface area contributed by atoms with Crippen LogP contribution in [0.1, 0.15) is 51.6 Å². The summed E-state index contributed by atoms with van der Waals surface area (Å²) in [4.78, 5) is 14.7. The van der Waals surface area contributed by atoms with E-state index in [1.54, 1.807) is 0 Å². The van der Waals surface area contributed by atoms with E-state index < -0.39 is 5.54 Å². The van der Waals surface area contributed by atoms with Crippen LogP contribution in [0.3, 0.4) is 0 Å². The van der Waals surface area contributed by atoms with Crippen LogP contribution in [-0.4, -0.2) is 29.4 Å². The fraction of sp³-hybridized carbons (Fsp3) is 0.579. The highest BCUT2D eigenvalue weighted by molar-refractivity contribution is 9.10. The van der Waals surface area contributed by atoms with E-state index in [9.17, 15) is 10.1 Å². The number of nitriles is 1. The SMILES string of the molecule is CCCN(CC(=O)NC(C)(C#N)C1CC1)C(C)c1ccccc1Br. The molecule has 1 aromatic rings. The van der Waals surface area contributed by atoms with E-state index in [2.05, 4.69) is 52.1 Å². The molecule has 0 heterocycles. The summed E-state index contributed by atoms with van der Waals surface area (Å²) in [5, 5.41) is 12.4. The highest BCUT2D eigenvalue weighted by Crippen LogP contribution is 2.39. The van der Waals surface area contributed by atoms with Crippen LogP contribution in [0.25, 0.3) is 0 Å². The molecule has 2 unspecified atom stereocenters. The standard InChI is InChI=1S/C19H26BrN3O/c1-4-11-23(14(2)16-7-5-6-8-17(16)20)12-18(24)22-19(3,13-21)15-9-10-15/h5-8,14-15H,4,9-12H2,1-3H3,(H,22,24). The highest BCUT2D eigenvalue weighted by Gasteiger charge is 2.43. The van der Waals surface area contributed by atoms with E-state index in [-0.39, 0.29) is 11.9 Å². The predicted octanol–water partition coefficient (Wildman–Crippen LogP) is 4.03. The number of carbonyl (C=O) groups excluding carboxylic acids is 1. The molecule has 130 valence electrons. The summed E-state index contributed by atoms with van der Waals surface area (Å²) in [6.07, 6.45) is 3.02. The first kappa shape index (κ1) is 19.0. The molecule has 1 saturated carbocycles. The third-order valence-electron chi connectivity index (χ3n) is 4.79. The largest absolute Gasteiger partial charge is 0.337 e. The number of amides is 1. The molecule has 2 atom stereocenters. The molecule has 0 saturated heterocycles. The van der Waals surface area contributed by atoms with Crippen LogP contribution in [0.5, 0.6) is 0 Å². The van der Waals surface area contributed by atoms with Crippen molar-refractivity contribution in [1.29, 1.82) is 5.26 Å². The number of nitrogens with zero attached hydrogens (tertiary/aromatic N) is 2. The molecule has 0 radical (unpaired) electrons. The minimum atomic E-state index is -0.731. The molecule has 0 aromatic heterocycles. The van der Waals surface area contributed by atoms with Crippen LogP contribution in [0.2, 0.25) is 0 Å². The van der Waals surface area contributed by atoms with Gasteiger partial charge in [-0.1, -0.05) is 41.1 Å². The van der Waals surface area contributed by atoms with E-state index in [1.807, 2.05) is 25.1 Å². The summed E-state index contributed by atoms with van der Waals surface area (Å²) in [7, 11) is 0. The summed E-state index contributed by atoms with van der Waals surface area (Å²) in [5.41, 5.74) is 0.440. The van der Waals surface area contributed by atoms with Gasteiger partial charge in [-0.3, -0.25) is 9.69 Å². The normalized spacial score (nSPS) is 17.8. The lowest BCUT2D eigenvalue weighted by Gasteiger charge is -2.31. The van der Waals surface area contributed by atoms with Crippen molar-refractivity contribution in [2.75, 3.05) is 13.1 Å². The Morgan fingerprint density at radius 1 is 1.50 bits per heavy atom. The first-order valence-corrected chi connectivity index (χ1v) is 9.41. The van der Waals surface area contributed by atoms with Crippen molar-refractivity contribution >= 4 is 21.8 Å². The van der Waals surface area contributed by atoms with E-state index in [0.29, 0.717) is 12.5 Å². The second kappa shape index (κ2) is 8.13. The van der Waals surface area contributed by atoms with Crippen LogP contribution >= 0.6 is 15.9 Å². The molecule has 1 fully saturated rings. The monoisotopic (exact) mass is 391 g/mol. The summed E-state index contributed by atoms with van der Waals surface area (Å²) < 4.78 is 1.05. The first-order valence-electron chi connectivity index (χ1n) is 8.62. The number of hydrogen-bond acceptors (Lipinski definition) is 3. The highest BCUT2D eigenvalue weighted by atomic mass is 79.9. The van der Waals surface area contributed by atoms with Gasteiger partial charge in [0.1, 0.15) is 5.54 Å². The van der Waals surface area contributed by atoms with Crippen molar-refractivity contribution in [2.24, 2.45) is 5.92 Å². The number of nitrogens with one attached hydrogen (secondary N) is 1. The molecule has 0 bridgehead atoms. The third kappa shape index (κ3) is 4.58. The van der Waals surface area contributed by atoms with Crippen LogP contribution in [0.15, 0.2) is 28.7 Å². The van der Waals surface area contributed by atoms with Gasteiger partial charge in [0.15, 0.2) is 0 Å². The van der Waals surface area contributed by atoms with Gasteiger partial charge in [-0.15, -0.1) is 0 Å². The van der Waals surface area contributed by atoms with E-state index >= 15 is 0 Å². The van der Waals surface area contributed by atoms with Gasteiger partial charge in [-0.2, -0.15) is 5.26 Å². The van der Waals surface area contributed by atoms with Crippen LogP contribution in [-0.2, 0) is 4.79 Å². The summed E-state index contributed by atoms with van der Waals surface area (Å²) in [6.45, 7) is 7.21.